The number of hydrogen-bond acceptors (Lipinski definition) is 5. The van der Waals surface area contributed by atoms with E-state index in [0.29, 0.717) is 5.02 Å². The molecule has 4 rings (SSSR count). The maximum absolute atomic E-state index is 13.6. The van der Waals surface area contributed by atoms with Gasteiger partial charge in [-0.2, -0.15) is 5.10 Å². The minimum absolute atomic E-state index is 0.0298. The van der Waals surface area contributed by atoms with Gasteiger partial charge >= 0.3 is 0 Å². The molecule has 1 N–H and O–H groups in total. The number of sulfonamides is 1. The summed E-state index contributed by atoms with van der Waals surface area (Å²) in [4.78, 5) is 12.9. The van der Waals surface area contributed by atoms with E-state index in [1.54, 1.807) is 24.3 Å². The van der Waals surface area contributed by atoms with Crippen LogP contribution in [0.4, 0.5) is 5.69 Å². The number of halogens is 1. The maximum atomic E-state index is 13.6. The molecule has 4 aromatic rings. The zero-order valence-electron chi connectivity index (χ0n) is 19.7. The number of hydrazone groups is 1. The SMILES string of the molecule is COc1ccc(Cl)cc1N(CC(=O)N/N=C\c1cccc2ccccc12)S(=O)(=O)c1ccc(C)cc1. The van der Waals surface area contributed by atoms with Crippen molar-refractivity contribution in [3.8, 4) is 5.75 Å². The van der Waals surface area contributed by atoms with Crippen LogP contribution in [0.2, 0.25) is 5.02 Å². The minimum atomic E-state index is -4.14. The Bertz CT molecular complexity index is 1530. The van der Waals surface area contributed by atoms with E-state index < -0.39 is 22.5 Å². The number of anilines is 1. The standard InChI is InChI=1S/C27H24ClN3O4S/c1-19-10-13-23(14-11-19)36(33,34)31(25-16-22(28)12-15-26(25)35-2)18-27(32)30-29-17-21-8-5-7-20-6-3-4-9-24(20)21/h3-17H,18H2,1-2H3,(H,30,32)/b29-17-. The highest BCUT2D eigenvalue weighted by atomic mass is 35.5. The molecule has 9 heteroatoms. The zero-order valence-corrected chi connectivity index (χ0v) is 21.3. The Morgan fingerprint density at radius 2 is 1.75 bits per heavy atom. The summed E-state index contributed by atoms with van der Waals surface area (Å²) in [6.07, 6.45) is 1.53. The summed E-state index contributed by atoms with van der Waals surface area (Å²) in [5, 5.41) is 6.37. The van der Waals surface area contributed by atoms with Gasteiger partial charge in [-0.05, 0) is 48.0 Å². The first-order valence-electron chi connectivity index (χ1n) is 11.0. The van der Waals surface area contributed by atoms with Crippen molar-refractivity contribution in [3.63, 3.8) is 0 Å². The summed E-state index contributed by atoms with van der Waals surface area (Å²) < 4.78 is 33.5. The second-order valence-electron chi connectivity index (χ2n) is 8.00. The predicted octanol–water partition coefficient (Wildman–Crippen LogP) is 5.16. The summed E-state index contributed by atoms with van der Waals surface area (Å²) in [6, 6.07) is 24.5. The van der Waals surface area contributed by atoms with Crippen molar-refractivity contribution < 1.29 is 17.9 Å². The number of nitrogens with one attached hydrogen (secondary N) is 1. The van der Waals surface area contributed by atoms with Crippen LogP contribution in [0.3, 0.4) is 0 Å². The van der Waals surface area contributed by atoms with Gasteiger partial charge in [0.1, 0.15) is 12.3 Å². The molecule has 0 bridgehead atoms. The molecule has 36 heavy (non-hydrogen) atoms. The molecule has 0 saturated heterocycles. The van der Waals surface area contributed by atoms with E-state index in [9.17, 15) is 13.2 Å². The Balaban J connectivity index is 1.64. The number of aryl methyl sites for hydroxylation is 1. The van der Waals surface area contributed by atoms with Gasteiger partial charge in [0.25, 0.3) is 15.9 Å². The fourth-order valence-electron chi connectivity index (χ4n) is 3.70. The lowest BCUT2D eigenvalue weighted by Gasteiger charge is -2.25. The summed E-state index contributed by atoms with van der Waals surface area (Å²) in [5.41, 5.74) is 4.29. The lowest BCUT2D eigenvalue weighted by molar-refractivity contribution is -0.119. The average Bonchev–Trinajstić information content (AvgIpc) is 2.87. The second-order valence-corrected chi connectivity index (χ2v) is 10.3. The first kappa shape index (κ1) is 25.2. The van der Waals surface area contributed by atoms with Gasteiger partial charge in [-0.1, -0.05) is 71.8 Å². The Kier molecular flexibility index (Phi) is 7.57. The molecule has 0 aliphatic heterocycles. The van der Waals surface area contributed by atoms with Crippen LogP contribution in [-0.2, 0) is 14.8 Å². The third kappa shape index (κ3) is 5.50. The number of carbonyl (C=O) groups is 1. The monoisotopic (exact) mass is 521 g/mol. The smallest absolute Gasteiger partial charge is 0.264 e. The van der Waals surface area contributed by atoms with Crippen LogP contribution < -0.4 is 14.5 Å². The molecule has 0 unspecified atom stereocenters. The predicted molar refractivity (Wildman–Crippen MR) is 143 cm³/mol. The zero-order chi connectivity index (χ0) is 25.7. The number of methoxy groups -OCH3 is 1. The van der Waals surface area contributed by atoms with Gasteiger partial charge < -0.3 is 4.74 Å². The van der Waals surface area contributed by atoms with E-state index >= 15 is 0 Å². The van der Waals surface area contributed by atoms with Gasteiger partial charge in [0.05, 0.1) is 23.9 Å². The van der Waals surface area contributed by atoms with E-state index in [4.69, 9.17) is 16.3 Å². The van der Waals surface area contributed by atoms with Crippen molar-refractivity contribution in [1.29, 1.82) is 0 Å². The van der Waals surface area contributed by atoms with Gasteiger partial charge in [-0.25, -0.2) is 13.8 Å². The molecule has 7 nitrogen and oxygen atoms in total. The number of nitrogens with zero attached hydrogens (tertiary/aromatic N) is 2. The fraction of sp³-hybridized carbons (Fsp3) is 0.111. The van der Waals surface area contributed by atoms with Gasteiger partial charge in [-0.15, -0.1) is 0 Å². The number of ether oxygens (including phenoxy) is 1. The first-order valence-corrected chi connectivity index (χ1v) is 12.8. The van der Waals surface area contributed by atoms with Crippen LogP contribution in [0.15, 0.2) is 94.9 Å². The lowest BCUT2D eigenvalue weighted by atomic mass is 10.1. The van der Waals surface area contributed by atoms with E-state index in [1.165, 1.54) is 31.5 Å². The Labute approximate surface area is 215 Å². The van der Waals surface area contributed by atoms with Crippen LogP contribution in [0.1, 0.15) is 11.1 Å². The molecular formula is C27H24ClN3O4S. The number of amides is 1. The largest absolute Gasteiger partial charge is 0.495 e. The van der Waals surface area contributed by atoms with Crippen LogP contribution in [0.5, 0.6) is 5.75 Å². The highest BCUT2D eigenvalue weighted by molar-refractivity contribution is 7.92. The van der Waals surface area contributed by atoms with Crippen LogP contribution in [0.25, 0.3) is 10.8 Å². The molecule has 0 heterocycles. The molecule has 0 saturated carbocycles. The van der Waals surface area contributed by atoms with Gasteiger partial charge in [0.2, 0.25) is 0 Å². The molecule has 0 aromatic heterocycles. The lowest BCUT2D eigenvalue weighted by Crippen LogP contribution is -2.39. The van der Waals surface area contributed by atoms with Crippen molar-refractivity contribution in [3.05, 3.63) is 101 Å². The van der Waals surface area contributed by atoms with Crippen molar-refractivity contribution >= 4 is 50.2 Å². The first-order chi connectivity index (χ1) is 17.3. The quantitative estimate of drug-likeness (QED) is 0.256. The van der Waals surface area contributed by atoms with Crippen molar-refractivity contribution in [1.82, 2.24) is 5.43 Å². The molecule has 0 aliphatic rings. The second kappa shape index (κ2) is 10.8. The van der Waals surface area contributed by atoms with Crippen molar-refractivity contribution in [2.24, 2.45) is 5.10 Å². The van der Waals surface area contributed by atoms with Gasteiger partial charge in [0, 0.05) is 10.6 Å². The maximum Gasteiger partial charge on any atom is 0.264 e. The normalized spacial score (nSPS) is 11.5. The van der Waals surface area contributed by atoms with Crippen LogP contribution in [0, 0.1) is 6.92 Å². The molecule has 0 radical (unpaired) electrons. The van der Waals surface area contributed by atoms with E-state index in [0.717, 1.165) is 26.2 Å². The highest BCUT2D eigenvalue weighted by Gasteiger charge is 2.29. The third-order valence-corrected chi connectivity index (χ3v) is 7.53. The summed E-state index contributed by atoms with van der Waals surface area (Å²) in [5.74, 6) is -0.383. The molecular weight excluding hydrogens is 498 g/mol. The van der Waals surface area contributed by atoms with Crippen molar-refractivity contribution in [2.45, 2.75) is 11.8 Å². The Morgan fingerprint density at radius 3 is 2.50 bits per heavy atom. The molecule has 1 amide bonds. The topological polar surface area (TPSA) is 88.1 Å². The van der Waals surface area contributed by atoms with E-state index in [1.807, 2.05) is 49.4 Å². The Hall–Kier alpha value is -3.88. The molecule has 0 aliphatic carbocycles. The summed E-state index contributed by atoms with van der Waals surface area (Å²) in [6.45, 7) is 1.31. The molecule has 4 aromatic carbocycles. The summed E-state index contributed by atoms with van der Waals surface area (Å²) >= 11 is 6.17. The number of hydrogen-bond donors (Lipinski definition) is 1. The van der Waals surface area contributed by atoms with E-state index in [-0.39, 0.29) is 16.3 Å². The van der Waals surface area contributed by atoms with Gasteiger partial charge in [-0.3, -0.25) is 9.10 Å². The highest BCUT2D eigenvalue weighted by Crippen LogP contribution is 2.34. The molecule has 0 fully saturated rings. The van der Waals surface area contributed by atoms with Crippen LogP contribution in [-0.4, -0.2) is 34.2 Å². The number of fused-ring (bicyclic) bond motifs is 1. The molecule has 184 valence electrons. The fourth-order valence-corrected chi connectivity index (χ4v) is 5.29. The minimum Gasteiger partial charge on any atom is -0.495 e. The third-order valence-electron chi connectivity index (χ3n) is 5.52. The van der Waals surface area contributed by atoms with Gasteiger partial charge in [0.15, 0.2) is 0 Å². The molecule has 0 spiro atoms. The number of benzene rings is 4. The Morgan fingerprint density at radius 1 is 1.03 bits per heavy atom. The van der Waals surface area contributed by atoms with Crippen LogP contribution >= 0.6 is 11.6 Å². The average molecular weight is 522 g/mol. The summed E-state index contributed by atoms with van der Waals surface area (Å²) in [7, 11) is -2.72. The van der Waals surface area contributed by atoms with Crippen molar-refractivity contribution in [2.75, 3.05) is 18.0 Å². The van der Waals surface area contributed by atoms with E-state index in [2.05, 4.69) is 10.5 Å². The number of carbonyl (C=O) groups excluding carboxylic acids is 1. The number of rotatable bonds is 8. The molecule has 0 atom stereocenters.